The summed E-state index contributed by atoms with van der Waals surface area (Å²) in [7, 11) is -4.69. The van der Waals surface area contributed by atoms with Crippen molar-refractivity contribution in [2.45, 2.75) is 0 Å². The van der Waals surface area contributed by atoms with Crippen LogP contribution in [0.3, 0.4) is 0 Å². The molecule has 14 heavy (non-hydrogen) atoms. The van der Waals surface area contributed by atoms with Gasteiger partial charge >= 0.3 is 0 Å². The minimum absolute atomic E-state index is 0.887. The molecule has 0 saturated carbocycles. The molecule has 0 amide bonds. The summed E-state index contributed by atoms with van der Waals surface area (Å²) in [6.07, 6.45) is 8.95. The molecular weight excluding hydrogens is 214 g/mol. The minimum Gasteiger partial charge on any atom is -0.304 e. The summed E-state index contributed by atoms with van der Waals surface area (Å²) in [4.78, 5) is 7.92. The molecule has 1 N–H and O–H groups in total. The highest BCUT2D eigenvalue weighted by atomic mass is 35.7. The Kier molecular flexibility index (Phi) is 3.33. The Morgan fingerprint density at radius 2 is 1.79 bits per heavy atom. The number of hydrogen-bond acceptors (Lipinski definition) is 6. The van der Waals surface area contributed by atoms with Crippen LogP contribution in [0.1, 0.15) is 0 Å². The van der Waals surface area contributed by atoms with Crippen molar-refractivity contribution in [1.29, 1.82) is 0 Å². The van der Waals surface area contributed by atoms with Gasteiger partial charge in [0, 0.05) is 24.8 Å². The summed E-state index contributed by atoms with van der Waals surface area (Å²) in [6.45, 7) is 0. The van der Waals surface area contributed by atoms with Gasteiger partial charge in [-0.15, -0.1) is 0 Å². The van der Waals surface area contributed by atoms with E-state index in [-0.39, 0.29) is 0 Å². The number of aromatic nitrogens is 3. The van der Waals surface area contributed by atoms with Crippen LogP contribution in [0.25, 0.3) is 5.65 Å². The molecule has 2 aromatic heterocycles. The summed E-state index contributed by atoms with van der Waals surface area (Å²) >= 11 is 0. The fourth-order valence-corrected chi connectivity index (χ4v) is 0.771. The predicted octanol–water partition coefficient (Wildman–Crippen LogP) is -3.39. The second-order valence-corrected chi connectivity index (χ2v) is 2.96. The molecule has 0 aromatic carbocycles. The normalized spacial score (nSPS) is 10.9. The maximum absolute atomic E-state index is 8.60. The van der Waals surface area contributed by atoms with E-state index in [0.717, 1.165) is 5.65 Å². The highest BCUT2D eigenvalue weighted by molar-refractivity contribution is 5.33. The van der Waals surface area contributed by atoms with Gasteiger partial charge in [0.1, 0.15) is 0 Å². The van der Waals surface area contributed by atoms with E-state index in [1.54, 1.807) is 18.6 Å². The maximum atomic E-state index is 8.60. The van der Waals surface area contributed by atoms with Gasteiger partial charge in [0.15, 0.2) is 5.65 Å². The molecule has 76 valence electrons. The van der Waals surface area contributed by atoms with E-state index in [1.165, 1.54) is 0 Å². The lowest BCUT2D eigenvalue weighted by atomic mass is 10.7. The number of nitrogens with zero attached hydrogens (tertiary/aromatic N) is 3. The van der Waals surface area contributed by atoms with Crippen LogP contribution in [0.5, 0.6) is 0 Å². The summed E-state index contributed by atoms with van der Waals surface area (Å²) in [5.41, 5.74) is 0.887. The molecule has 7 nitrogen and oxygen atoms in total. The molecule has 2 heterocycles. The molecule has 8 heteroatoms. The second-order valence-electron chi connectivity index (χ2n) is 2.17. The van der Waals surface area contributed by atoms with E-state index in [4.69, 9.17) is 18.6 Å². The predicted molar refractivity (Wildman–Crippen MR) is 35.2 cm³/mol. The van der Waals surface area contributed by atoms with E-state index in [1.807, 2.05) is 16.8 Å². The van der Waals surface area contributed by atoms with Gasteiger partial charge < -0.3 is 4.40 Å². The van der Waals surface area contributed by atoms with E-state index >= 15 is 0 Å². The first-order chi connectivity index (χ1) is 6.47. The van der Waals surface area contributed by atoms with Gasteiger partial charge in [-0.05, 0) is 0 Å². The van der Waals surface area contributed by atoms with Crippen LogP contribution < -0.4 is 14.0 Å². The van der Waals surface area contributed by atoms with Crippen LogP contribution >= 0.6 is 0 Å². The molecule has 0 unspecified atom stereocenters. The third-order valence-electron chi connectivity index (χ3n) is 1.20. The van der Waals surface area contributed by atoms with Crippen LogP contribution in [0.4, 0.5) is 0 Å². The molecule has 0 spiro atoms. The zero-order chi connectivity index (χ0) is 10.6. The number of imidazole rings is 1. The van der Waals surface area contributed by atoms with Crippen molar-refractivity contribution in [2.24, 2.45) is 0 Å². The van der Waals surface area contributed by atoms with E-state index in [9.17, 15) is 0 Å². The Hall–Kier alpha value is -1.25. The largest absolute Gasteiger partial charge is 0.304 e. The van der Waals surface area contributed by atoms with Crippen LogP contribution in [0.2, 0.25) is 0 Å². The lowest BCUT2D eigenvalue weighted by Gasteiger charge is -2.03. The lowest BCUT2D eigenvalue weighted by molar-refractivity contribution is -1.92. The number of hydrogen-bond donors (Lipinski definition) is 1. The molecule has 0 atom stereocenters. The average Bonchev–Trinajstić information content (AvgIpc) is 2.47. The molecule has 0 radical (unpaired) electrons. The summed E-state index contributed by atoms with van der Waals surface area (Å²) < 4.78 is 34.6. The van der Waals surface area contributed by atoms with Gasteiger partial charge in [0.2, 0.25) is 0 Å². The topological polar surface area (TPSA) is 120 Å². The van der Waals surface area contributed by atoms with Crippen molar-refractivity contribution in [2.75, 3.05) is 0 Å². The Morgan fingerprint density at radius 1 is 1.21 bits per heavy atom. The second kappa shape index (κ2) is 4.31. The van der Waals surface area contributed by atoms with Crippen molar-refractivity contribution in [3.05, 3.63) is 31.0 Å². The molecule has 2 rings (SSSR count). The van der Waals surface area contributed by atoms with E-state index in [2.05, 4.69) is 9.97 Å². The fraction of sp³-hybridized carbons (Fsp3) is 0. The highest BCUT2D eigenvalue weighted by Crippen LogP contribution is 1.93. The van der Waals surface area contributed by atoms with Crippen molar-refractivity contribution in [3.63, 3.8) is 0 Å². The lowest BCUT2D eigenvalue weighted by Crippen LogP contribution is -2.58. The van der Waals surface area contributed by atoms with Crippen molar-refractivity contribution in [1.82, 2.24) is 14.4 Å². The quantitative estimate of drug-likeness (QED) is 0.493. The van der Waals surface area contributed by atoms with Crippen molar-refractivity contribution in [3.8, 4) is 0 Å². The molecule has 0 aliphatic heterocycles. The Balaban J connectivity index is 0.000000171. The molecule has 0 aliphatic carbocycles. The summed E-state index contributed by atoms with van der Waals surface area (Å²) in [5.74, 6) is 0. The number of halogens is 1. The first-order valence-electron chi connectivity index (χ1n) is 3.33. The van der Waals surface area contributed by atoms with Gasteiger partial charge in [-0.25, -0.2) is 4.98 Å². The fourth-order valence-electron chi connectivity index (χ4n) is 0.771. The number of rotatable bonds is 0. The molecular formula is C6H6ClN3O4. The molecule has 2 aromatic rings. The minimum atomic E-state index is -4.69. The average molecular weight is 220 g/mol. The maximum Gasteiger partial charge on any atom is 0.155 e. The van der Waals surface area contributed by atoms with Crippen LogP contribution in [0, 0.1) is 10.2 Å². The van der Waals surface area contributed by atoms with E-state index in [0.29, 0.717) is 0 Å². The van der Waals surface area contributed by atoms with Crippen LogP contribution in [-0.4, -0.2) is 19.0 Å². The Bertz CT molecular complexity index is 363. The monoisotopic (exact) mass is 219 g/mol. The smallest absolute Gasteiger partial charge is 0.155 e. The van der Waals surface area contributed by atoms with Crippen molar-refractivity contribution < 1.29 is 28.9 Å². The van der Waals surface area contributed by atoms with Gasteiger partial charge in [0.25, 0.3) is 0 Å². The molecule has 0 fully saturated rings. The van der Waals surface area contributed by atoms with Gasteiger partial charge in [-0.2, -0.15) is 14.0 Å². The third kappa shape index (κ3) is 4.12. The van der Waals surface area contributed by atoms with Gasteiger partial charge in [-0.1, -0.05) is 0 Å². The van der Waals surface area contributed by atoms with Gasteiger partial charge in [0.05, 0.1) is 21.1 Å². The molecule has 0 bridgehead atoms. The standard InChI is InChI=1S/C6H5N3.ClHO4/c1-3-9-4-2-8-6(9)5-7-1;2-1(3,4)5/h1-5H;(H,2,3,4,5). The third-order valence-corrected chi connectivity index (χ3v) is 1.20. The van der Waals surface area contributed by atoms with Crippen molar-refractivity contribution >= 4 is 5.65 Å². The Labute approximate surface area is 80.6 Å². The van der Waals surface area contributed by atoms with Crippen LogP contribution in [0.15, 0.2) is 31.0 Å². The zero-order valence-corrected chi connectivity index (χ0v) is 7.53. The molecule has 0 aliphatic rings. The van der Waals surface area contributed by atoms with E-state index < -0.39 is 10.2 Å². The summed E-state index contributed by atoms with van der Waals surface area (Å²) in [6, 6.07) is 0. The summed E-state index contributed by atoms with van der Waals surface area (Å²) in [5, 5.41) is 0. The zero-order valence-electron chi connectivity index (χ0n) is 6.78. The van der Waals surface area contributed by atoms with Crippen LogP contribution in [-0.2, 0) is 0 Å². The Morgan fingerprint density at radius 3 is 2.36 bits per heavy atom. The highest BCUT2D eigenvalue weighted by Gasteiger charge is 1.98. The SMILES string of the molecule is [O-][Cl+3]([O-])([O-])O.c1cn2ccnc2cn1. The first kappa shape index (κ1) is 10.8. The van der Waals surface area contributed by atoms with Gasteiger partial charge in [-0.3, -0.25) is 4.98 Å². The number of fused-ring (bicyclic) bond motifs is 1. The first-order valence-corrected chi connectivity index (χ1v) is 4.59. The molecule has 0 saturated heterocycles.